The largest absolute Gasteiger partial charge is 0.433 e. The van der Waals surface area contributed by atoms with Crippen LogP contribution in [0.25, 0.3) is 5.70 Å². The Labute approximate surface area is 252 Å². The second-order valence-electron chi connectivity index (χ2n) is 10.3. The lowest BCUT2D eigenvalue weighted by Gasteiger charge is -2.28. The van der Waals surface area contributed by atoms with E-state index in [0.717, 1.165) is 34.7 Å². The molecule has 0 aromatic carbocycles. The van der Waals surface area contributed by atoms with E-state index in [1.54, 1.807) is 17.9 Å². The zero-order valence-corrected chi connectivity index (χ0v) is 26.5. The average Bonchev–Trinajstić information content (AvgIpc) is 3.41. The number of carbonyl (C=O) groups excluding carboxylic acids is 1. The molecule has 1 N–H and O–H groups in total. The van der Waals surface area contributed by atoms with Crippen LogP contribution >= 0.6 is 11.3 Å². The second kappa shape index (κ2) is 16.2. The molecule has 0 radical (unpaired) electrons. The Kier molecular flexibility index (Phi) is 13.4. The Morgan fingerprint density at radius 1 is 1.24 bits per heavy atom. The number of allylic oxidation sites excluding steroid dienone is 7. The molecule has 42 heavy (non-hydrogen) atoms. The van der Waals surface area contributed by atoms with Gasteiger partial charge in [0.15, 0.2) is 0 Å². The summed E-state index contributed by atoms with van der Waals surface area (Å²) in [6.45, 7) is 19.7. The van der Waals surface area contributed by atoms with Crippen molar-refractivity contribution in [3.05, 3.63) is 93.0 Å². The van der Waals surface area contributed by atoms with Crippen LogP contribution in [-0.2, 0) is 23.9 Å². The quantitative estimate of drug-likeness (QED) is 0.230. The first-order valence-electron chi connectivity index (χ1n) is 14.2. The lowest BCUT2D eigenvalue weighted by molar-refractivity contribution is -0.141. The number of thiophene rings is 1. The standard InChI is InChI=1S/C19H19F3N4OS.C14H24/c1-4-11(2)17(27)26-8-6-13-14(10-28-15(13)9-26)12(3)24-18-23-7-5-16(25-18)19(20,21)22;1-6-12(3)10-8-9-11-14(5)13(4)7-2/h4-5,7,10H,3,6,8-9H2,1-2H3,(H,23,24,25);8-12H,6-7H2,1-5H3/b11-4+;10-8-,11-9-,14-13?. The van der Waals surface area contributed by atoms with Gasteiger partial charge < -0.3 is 10.2 Å². The predicted molar refractivity (Wildman–Crippen MR) is 169 cm³/mol. The molecular weight excluding hydrogens is 557 g/mol. The molecule has 9 heteroatoms. The zero-order valence-electron chi connectivity index (χ0n) is 25.7. The molecule has 0 saturated carbocycles. The molecule has 1 unspecified atom stereocenters. The van der Waals surface area contributed by atoms with Crippen molar-refractivity contribution in [3.8, 4) is 0 Å². The van der Waals surface area contributed by atoms with E-state index in [1.807, 2.05) is 12.3 Å². The van der Waals surface area contributed by atoms with Gasteiger partial charge in [0.1, 0.15) is 5.69 Å². The first kappa shape index (κ1) is 34.7. The van der Waals surface area contributed by atoms with E-state index in [4.69, 9.17) is 0 Å². The fourth-order valence-corrected chi connectivity index (χ4v) is 5.05. The van der Waals surface area contributed by atoms with Gasteiger partial charge in [0.2, 0.25) is 11.9 Å². The summed E-state index contributed by atoms with van der Waals surface area (Å²) in [5.74, 6) is 0.546. The molecule has 1 amide bonds. The molecule has 0 bridgehead atoms. The number of fused-ring (bicyclic) bond motifs is 1. The van der Waals surface area contributed by atoms with Gasteiger partial charge in [-0.05, 0) is 58.1 Å². The number of alkyl halides is 3. The zero-order chi connectivity index (χ0) is 31.4. The lowest BCUT2D eigenvalue weighted by atomic mass is 10.0. The minimum absolute atomic E-state index is 0.0115. The normalized spacial score (nSPS) is 15.2. The third-order valence-electron chi connectivity index (χ3n) is 7.28. The van der Waals surface area contributed by atoms with Gasteiger partial charge in [-0.15, -0.1) is 11.3 Å². The Morgan fingerprint density at radius 3 is 2.57 bits per heavy atom. The second-order valence-corrected chi connectivity index (χ2v) is 11.3. The van der Waals surface area contributed by atoms with Crippen molar-refractivity contribution in [1.29, 1.82) is 0 Å². The predicted octanol–water partition coefficient (Wildman–Crippen LogP) is 9.38. The Balaban J connectivity index is 0.000000374. The third kappa shape index (κ3) is 10.1. The molecule has 0 fully saturated rings. The number of amides is 1. The molecule has 2 aromatic heterocycles. The molecule has 1 aliphatic heterocycles. The van der Waals surface area contributed by atoms with Crippen LogP contribution in [0.4, 0.5) is 19.1 Å². The number of carbonyl (C=O) groups is 1. The van der Waals surface area contributed by atoms with E-state index in [9.17, 15) is 18.0 Å². The number of nitrogens with zero attached hydrogens (tertiary/aromatic N) is 3. The molecule has 5 nitrogen and oxygen atoms in total. The van der Waals surface area contributed by atoms with Crippen LogP contribution in [-0.4, -0.2) is 27.3 Å². The van der Waals surface area contributed by atoms with Crippen molar-refractivity contribution >= 4 is 28.9 Å². The fraction of sp³-hybridized carbons (Fsp3) is 0.424. The van der Waals surface area contributed by atoms with Crippen LogP contribution in [0.3, 0.4) is 0 Å². The summed E-state index contributed by atoms with van der Waals surface area (Å²) in [6.07, 6.45) is 10.1. The highest BCUT2D eigenvalue weighted by molar-refractivity contribution is 7.10. The van der Waals surface area contributed by atoms with E-state index >= 15 is 0 Å². The highest BCUT2D eigenvalue weighted by Gasteiger charge is 2.33. The summed E-state index contributed by atoms with van der Waals surface area (Å²) < 4.78 is 38.4. The summed E-state index contributed by atoms with van der Waals surface area (Å²) in [7, 11) is 0. The Bertz CT molecular complexity index is 1350. The van der Waals surface area contributed by atoms with Gasteiger partial charge in [-0.3, -0.25) is 4.79 Å². The molecule has 1 aliphatic rings. The smallest absolute Gasteiger partial charge is 0.333 e. The average molecular weight is 601 g/mol. The van der Waals surface area contributed by atoms with E-state index in [-0.39, 0.29) is 11.9 Å². The van der Waals surface area contributed by atoms with Gasteiger partial charge >= 0.3 is 6.18 Å². The Morgan fingerprint density at radius 2 is 1.95 bits per heavy atom. The fourth-order valence-electron chi connectivity index (χ4n) is 3.92. The van der Waals surface area contributed by atoms with Crippen molar-refractivity contribution in [3.63, 3.8) is 0 Å². The lowest BCUT2D eigenvalue weighted by Crippen LogP contribution is -2.36. The molecule has 3 rings (SSSR count). The van der Waals surface area contributed by atoms with Crippen molar-refractivity contribution in [2.75, 3.05) is 11.9 Å². The number of aromatic nitrogens is 2. The summed E-state index contributed by atoms with van der Waals surface area (Å²) in [4.78, 5) is 22.5. The molecule has 1 atom stereocenters. The monoisotopic (exact) mass is 600 g/mol. The van der Waals surface area contributed by atoms with Gasteiger partial charge in [-0.2, -0.15) is 13.2 Å². The molecule has 0 spiro atoms. The summed E-state index contributed by atoms with van der Waals surface area (Å²) in [6, 6.07) is 0.818. The van der Waals surface area contributed by atoms with Gasteiger partial charge in [0.05, 0.1) is 6.54 Å². The van der Waals surface area contributed by atoms with E-state index < -0.39 is 11.9 Å². The topological polar surface area (TPSA) is 58.1 Å². The minimum atomic E-state index is -4.54. The number of hydrogen-bond donors (Lipinski definition) is 1. The summed E-state index contributed by atoms with van der Waals surface area (Å²) in [5.41, 5.74) is 4.85. The number of halogens is 3. The van der Waals surface area contributed by atoms with Gasteiger partial charge in [0, 0.05) is 39.8 Å². The van der Waals surface area contributed by atoms with Crippen LogP contribution in [0.1, 0.15) is 83.0 Å². The number of rotatable bonds is 9. The maximum Gasteiger partial charge on any atom is 0.433 e. The maximum absolute atomic E-state index is 12.8. The van der Waals surface area contributed by atoms with Crippen molar-refractivity contribution in [2.45, 2.75) is 80.4 Å². The van der Waals surface area contributed by atoms with E-state index in [2.05, 4.69) is 80.8 Å². The first-order chi connectivity index (χ1) is 19.8. The van der Waals surface area contributed by atoms with Crippen LogP contribution in [0.2, 0.25) is 0 Å². The highest BCUT2D eigenvalue weighted by atomic mass is 32.1. The van der Waals surface area contributed by atoms with Crippen LogP contribution in [0.5, 0.6) is 0 Å². The van der Waals surface area contributed by atoms with E-state index in [1.165, 1.54) is 28.9 Å². The molecule has 0 saturated heterocycles. The summed E-state index contributed by atoms with van der Waals surface area (Å²) >= 11 is 1.50. The van der Waals surface area contributed by atoms with Gasteiger partial charge in [-0.25, -0.2) is 9.97 Å². The molecule has 228 valence electrons. The third-order valence-corrected chi connectivity index (χ3v) is 8.30. The van der Waals surface area contributed by atoms with Gasteiger partial charge in [0.25, 0.3) is 0 Å². The SMILES string of the molecule is C=C(Nc1nccc(C(F)(F)F)n1)c1csc2c1CCN(C(=O)/C(C)=C/C)C2.CCC(C)=C(C)/C=C\C=C/C(C)CC. The minimum Gasteiger partial charge on any atom is -0.333 e. The molecule has 0 aliphatic carbocycles. The van der Waals surface area contributed by atoms with Crippen molar-refractivity contribution in [1.82, 2.24) is 14.9 Å². The van der Waals surface area contributed by atoms with E-state index in [0.29, 0.717) is 36.7 Å². The van der Waals surface area contributed by atoms with Crippen LogP contribution < -0.4 is 5.32 Å². The summed E-state index contributed by atoms with van der Waals surface area (Å²) in [5, 5.41) is 4.66. The van der Waals surface area contributed by atoms with Gasteiger partial charge in [-0.1, -0.05) is 75.3 Å². The van der Waals surface area contributed by atoms with Crippen molar-refractivity contribution in [2.24, 2.45) is 5.92 Å². The van der Waals surface area contributed by atoms with Crippen molar-refractivity contribution < 1.29 is 18.0 Å². The maximum atomic E-state index is 12.8. The van der Waals surface area contributed by atoms with Crippen LogP contribution in [0, 0.1) is 5.92 Å². The first-order valence-corrected chi connectivity index (χ1v) is 15.1. The number of nitrogens with one attached hydrogen (secondary N) is 1. The molecule has 3 heterocycles. The van der Waals surface area contributed by atoms with Crippen LogP contribution in [0.15, 0.2) is 71.3 Å². The Hall–Kier alpha value is -3.46. The molecule has 2 aromatic rings. The highest BCUT2D eigenvalue weighted by Crippen LogP contribution is 2.33. The molecular formula is C33H43F3N4OS. The number of hydrogen-bond acceptors (Lipinski definition) is 5. The number of anilines is 1.